The van der Waals surface area contributed by atoms with E-state index in [0.717, 1.165) is 5.69 Å². The van der Waals surface area contributed by atoms with E-state index in [1.165, 1.54) is 41.3 Å². The second-order valence-electron chi connectivity index (χ2n) is 6.66. The molecular weight excluding hydrogens is 427 g/mol. The van der Waals surface area contributed by atoms with Crippen molar-refractivity contribution in [2.24, 2.45) is 0 Å². The number of aromatic nitrogens is 4. The zero-order valence-corrected chi connectivity index (χ0v) is 18.3. The summed E-state index contributed by atoms with van der Waals surface area (Å²) in [5.74, 6) is -0.641. The highest BCUT2D eigenvalue weighted by atomic mass is 32.2. The van der Waals surface area contributed by atoms with Crippen LogP contribution in [-0.2, 0) is 11.3 Å². The molecule has 0 saturated heterocycles. The Morgan fingerprint density at radius 1 is 1.27 bits per heavy atom. The summed E-state index contributed by atoms with van der Waals surface area (Å²) >= 11 is 2.61. The minimum absolute atomic E-state index is 0.00698. The molecule has 0 atom stereocenters. The van der Waals surface area contributed by atoms with Crippen LogP contribution < -0.4 is 10.6 Å². The van der Waals surface area contributed by atoms with Crippen LogP contribution >= 0.6 is 23.1 Å². The Kier molecular flexibility index (Phi) is 7.16. The molecule has 0 bridgehead atoms. The average Bonchev–Trinajstić information content (AvgIpc) is 3.30. The quantitative estimate of drug-likeness (QED) is 0.512. The maximum atomic E-state index is 13.8. The monoisotopic (exact) mass is 448 g/mol. The van der Waals surface area contributed by atoms with Gasteiger partial charge < -0.3 is 15.2 Å². The fourth-order valence-electron chi connectivity index (χ4n) is 2.64. The highest BCUT2D eigenvalue weighted by molar-refractivity contribution is 7.99. The van der Waals surface area contributed by atoms with E-state index in [-0.39, 0.29) is 29.8 Å². The Labute approximate surface area is 181 Å². The number of hydrogen-bond acceptors (Lipinski definition) is 7. The lowest BCUT2D eigenvalue weighted by Crippen LogP contribution is -2.26. The molecule has 3 rings (SSSR count). The molecule has 11 heteroatoms. The topological polar surface area (TPSA) is 102 Å². The van der Waals surface area contributed by atoms with Crippen molar-refractivity contribution in [3.8, 4) is 0 Å². The molecule has 0 saturated carbocycles. The summed E-state index contributed by atoms with van der Waals surface area (Å²) in [6.45, 7) is 5.85. The van der Waals surface area contributed by atoms with Gasteiger partial charge in [-0.1, -0.05) is 23.9 Å². The first-order valence-corrected chi connectivity index (χ1v) is 11.0. The Balaban J connectivity index is 1.62. The van der Waals surface area contributed by atoms with Gasteiger partial charge in [0.2, 0.25) is 5.91 Å². The summed E-state index contributed by atoms with van der Waals surface area (Å²) in [5.41, 5.74) is 0.821. The lowest BCUT2D eigenvalue weighted by Gasteiger charge is -2.14. The molecule has 2 amide bonds. The third kappa shape index (κ3) is 5.42. The van der Waals surface area contributed by atoms with Crippen molar-refractivity contribution in [3.05, 3.63) is 52.5 Å². The fourth-order valence-corrected chi connectivity index (χ4v) is 4.23. The van der Waals surface area contributed by atoms with Crippen LogP contribution in [-0.4, -0.2) is 37.3 Å². The van der Waals surface area contributed by atoms with Gasteiger partial charge in [0.05, 0.1) is 23.6 Å². The van der Waals surface area contributed by atoms with Gasteiger partial charge in [-0.15, -0.1) is 21.5 Å². The fraction of sp³-hybridized carbons (Fsp3) is 0.316. The number of anilines is 1. The number of benzene rings is 1. The predicted molar refractivity (Wildman–Crippen MR) is 114 cm³/mol. The Hall–Kier alpha value is -2.79. The zero-order valence-electron chi connectivity index (χ0n) is 16.7. The Morgan fingerprint density at radius 2 is 2.03 bits per heavy atom. The molecule has 30 heavy (non-hydrogen) atoms. The van der Waals surface area contributed by atoms with Gasteiger partial charge in [-0.2, -0.15) is 0 Å². The van der Waals surface area contributed by atoms with E-state index >= 15 is 0 Å². The van der Waals surface area contributed by atoms with Gasteiger partial charge >= 0.3 is 0 Å². The lowest BCUT2D eigenvalue weighted by atomic mass is 10.2. The molecule has 1 aromatic carbocycles. The largest absolute Gasteiger partial charge is 0.345 e. The number of halogens is 1. The number of nitrogens with one attached hydrogen (secondary N) is 2. The van der Waals surface area contributed by atoms with Crippen molar-refractivity contribution in [2.75, 3.05) is 11.1 Å². The van der Waals surface area contributed by atoms with Gasteiger partial charge in [0.15, 0.2) is 16.1 Å². The maximum Gasteiger partial charge on any atom is 0.254 e. The Bertz CT molecular complexity index is 1050. The van der Waals surface area contributed by atoms with Crippen molar-refractivity contribution in [1.82, 2.24) is 25.1 Å². The van der Waals surface area contributed by atoms with Crippen LogP contribution in [0.5, 0.6) is 0 Å². The Morgan fingerprint density at radius 3 is 2.70 bits per heavy atom. The lowest BCUT2D eigenvalue weighted by molar-refractivity contribution is -0.113. The van der Waals surface area contributed by atoms with Gasteiger partial charge in [-0.3, -0.25) is 9.59 Å². The number of hydrogen-bond donors (Lipinski definition) is 2. The van der Waals surface area contributed by atoms with Crippen LogP contribution in [0, 0.1) is 12.7 Å². The standard InChI is InChI=1S/C19H21FN6O2S2/c1-11(2)26-15(8-21-17(28)13-6-4-5-7-14(13)20)24-25-19(26)30-10-16(27)23-18-22-12(3)9-29-18/h4-7,9,11H,8,10H2,1-3H3,(H,21,28)(H,22,23,27). The molecule has 158 valence electrons. The van der Waals surface area contributed by atoms with E-state index in [2.05, 4.69) is 25.8 Å². The van der Waals surface area contributed by atoms with E-state index < -0.39 is 11.7 Å². The van der Waals surface area contributed by atoms with E-state index in [4.69, 9.17) is 0 Å². The summed E-state index contributed by atoms with van der Waals surface area (Å²) in [6.07, 6.45) is 0. The van der Waals surface area contributed by atoms with E-state index in [9.17, 15) is 14.0 Å². The van der Waals surface area contributed by atoms with E-state index in [0.29, 0.717) is 16.1 Å². The molecule has 2 N–H and O–H groups in total. The molecule has 8 nitrogen and oxygen atoms in total. The molecule has 0 spiro atoms. The number of carbonyl (C=O) groups is 2. The second kappa shape index (κ2) is 9.81. The third-order valence-electron chi connectivity index (χ3n) is 3.97. The first-order chi connectivity index (χ1) is 14.3. The minimum atomic E-state index is -0.585. The summed E-state index contributed by atoms with van der Waals surface area (Å²) < 4.78 is 15.6. The van der Waals surface area contributed by atoms with E-state index in [1.54, 1.807) is 6.07 Å². The SMILES string of the molecule is Cc1csc(NC(=O)CSc2nnc(CNC(=O)c3ccccc3F)n2C(C)C)n1. The third-order valence-corrected chi connectivity index (χ3v) is 5.79. The van der Waals surface area contributed by atoms with Crippen molar-refractivity contribution < 1.29 is 14.0 Å². The van der Waals surface area contributed by atoms with Crippen LogP contribution in [0.15, 0.2) is 34.8 Å². The summed E-state index contributed by atoms with van der Waals surface area (Å²) in [5, 5.41) is 16.7. The van der Waals surface area contributed by atoms with Gasteiger partial charge in [0, 0.05) is 11.4 Å². The number of aryl methyl sites for hydroxylation is 1. The number of carbonyl (C=O) groups excluding carboxylic acids is 2. The molecule has 3 aromatic rings. The number of thiazole rings is 1. The van der Waals surface area contributed by atoms with Crippen LogP contribution in [0.1, 0.15) is 41.8 Å². The van der Waals surface area contributed by atoms with Crippen LogP contribution in [0.2, 0.25) is 0 Å². The summed E-state index contributed by atoms with van der Waals surface area (Å²) in [4.78, 5) is 28.6. The van der Waals surface area contributed by atoms with Crippen LogP contribution in [0.25, 0.3) is 0 Å². The molecule has 0 unspecified atom stereocenters. The number of rotatable bonds is 8. The maximum absolute atomic E-state index is 13.8. The van der Waals surface area contributed by atoms with Gasteiger partial charge in [0.1, 0.15) is 5.82 Å². The van der Waals surface area contributed by atoms with Gasteiger partial charge in [-0.05, 0) is 32.9 Å². The average molecular weight is 449 g/mol. The van der Waals surface area contributed by atoms with Crippen molar-refractivity contribution in [1.29, 1.82) is 0 Å². The van der Waals surface area contributed by atoms with Crippen LogP contribution in [0.3, 0.4) is 0 Å². The summed E-state index contributed by atoms with van der Waals surface area (Å²) in [7, 11) is 0. The molecule has 0 aliphatic rings. The van der Waals surface area contributed by atoms with E-state index in [1.807, 2.05) is 30.7 Å². The molecular formula is C19H21FN6O2S2. The normalized spacial score (nSPS) is 11.0. The highest BCUT2D eigenvalue weighted by Crippen LogP contribution is 2.22. The number of thioether (sulfide) groups is 1. The van der Waals surface area contributed by atoms with Crippen molar-refractivity contribution >= 4 is 40.0 Å². The highest BCUT2D eigenvalue weighted by Gasteiger charge is 2.18. The predicted octanol–water partition coefficient (Wildman–Crippen LogP) is 3.42. The zero-order chi connectivity index (χ0) is 21.7. The first kappa shape index (κ1) is 21.9. The molecule has 0 fully saturated rings. The molecule has 0 aliphatic heterocycles. The van der Waals surface area contributed by atoms with Gasteiger partial charge in [0.25, 0.3) is 5.91 Å². The number of nitrogens with zero attached hydrogens (tertiary/aromatic N) is 4. The molecule has 2 aromatic heterocycles. The molecule has 2 heterocycles. The molecule has 0 radical (unpaired) electrons. The minimum Gasteiger partial charge on any atom is -0.345 e. The first-order valence-electron chi connectivity index (χ1n) is 9.16. The van der Waals surface area contributed by atoms with Crippen molar-refractivity contribution in [3.63, 3.8) is 0 Å². The second-order valence-corrected chi connectivity index (χ2v) is 8.46. The van der Waals surface area contributed by atoms with Crippen molar-refractivity contribution in [2.45, 2.75) is 38.5 Å². The van der Waals surface area contributed by atoms with Crippen LogP contribution in [0.4, 0.5) is 9.52 Å². The molecule has 0 aliphatic carbocycles. The number of amides is 2. The van der Waals surface area contributed by atoms with Gasteiger partial charge in [-0.25, -0.2) is 9.37 Å². The summed E-state index contributed by atoms with van der Waals surface area (Å²) in [6, 6.07) is 5.78. The smallest absolute Gasteiger partial charge is 0.254 e.